The van der Waals surface area contributed by atoms with Crippen LogP contribution in [-0.4, -0.2) is 20.3 Å². The number of aryl methyl sites for hydroxylation is 3. The standard InChI is InChI=1S/C17H15F6IO4S/c1-10-8-11(2)15(12(3)9-10)24(28-29(25,26)17(21,22)23)13-4-6-14(7-5-13)27-16(18,19)20/h4-9H,1-3H3. The van der Waals surface area contributed by atoms with E-state index in [0.717, 1.165) is 29.8 Å². The summed E-state index contributed by atoms with van der Waals surface area (Å²) >= 11 is -3.72. The predicted octanol–water partition coefficient (Wildman–Crippen LogP) is 5.84. The van der Waals surface area contributed by atoms with Crippen LogP contribution in [-0.2, 0) is 12.6 Å². The van der Waals surface area contributed by atoms with E-state index >= 15 is 0 Å². The molecule has 162 valence electrons. The Morgan fingerprint density at radius 3 is 1.76 bits per heavy atom. The molecular weight excluding hydrogens is 541 g/mol. The molecule has 0 heterocycles. The number of alkyl halides is 6. The van der Waals surface area contributed by atoms with Gasteiger partial charge in [-0.05, 0) is 0 Å². The van der Waals surface area contributed by atoms with Gasteiger partial charge in [-0.3, -0.25) is 0 Å². The molecule has 0 aliphatic heterocycles. The fraction of sp³-hybridized carbons (Fsp3) is 0.294. The zero-order chi connectivity index (χ0) is 22.2. The summed E-state index contributed by atoms with van der Waals surface area (Å²) in [5.41, 5.74) is -3.76. The van der Waals surface area contributed by atoms with Gasteiger partial charge in [0.25, 0.3) is 0 Å². The molecule has 0 bridgehead atoms. The van der Waals surface area contributed by atoms with Gasteiger partial charge in [0.2, 0.25) is 0 Å². The molecule has 12 heteroatoms. The fourth-order valence-electron chi connectivity index (χ4n) is 2.48. The Labute approximate surface area is 170 Å². The van der Waals surface area contributed by atoms with Crippen LogP contribution in [0.25, 0.3) is 0 Å². The van der Waals surface area contributed by atoms with Crippen LogP contribution in [0.1, 0.15) is 16.7 Å². The summed E-state index contributed by atoms with van der Waals surface area (Å²) in [7, 11) is -5.92. The Bertz CT molecular complexity index is 961. The molecule has 0 unspecified atom stereocenters. The zero-order valence-electron chi connectivity index (χ0n) is 15.2. The van der Waals surface area contributed by atoms with Crippen molar-refractivity contribution in [3.05, 3.63) is 60.2 Å². The SMILES string of the molecule is Cc1cc(C)c(I(OS(=O)(=O)C(F)(F)F)c2ccc(OC(F)(F)F)cc2)c(C)c1. The third-order valence-corrected chi connectivity index (χ3v) is 11.3. The Morgan fingerprint density at radius 1 is 0.862 bits per heavy atom. The van der Waals surface area contributed by atoms with Crippen molar-refractivity contribution in [1.29, 1.82) is 0 Å². The second-order valence-electron chi connectivity index (χ2n) is 5.93. The number of halogens is 7. The van der Waals surface area contributed by atoms with E-state index in [1.165, 1.54) is 0 Å². The molecule has 0 aromatic heterocycles. The third kappa shape index (κ3) is 5.98. The van der Waals surface area contributed by atoms with Crippen molar-refractivity contribution in [2.45, 2.75) is 32.6 Å². The molecule has 0 saturated heterocycles. The molecule has 4 nitrogen and oxygen atoms in total. The third-order valence-electron chi connectivity index (χ3n) is 3.43. The summed E-state index contributed by atoms with van der Waals surface area (Å²) in [6.45, 7) is 4.97. The number of hydrogen-bond donors (Lipinski definition) is 0. The average Bonchev–Trinajstić information content (AvgIpc) is 2.51. The van der Waals surface area contributed by atoms with Crippen molar-refractivity contribution in [3.63, 3.8) is 0 Å². The normalized spacial score (nSPS) is 13.3. The van der Waals surface area contributed by atoms with E-state index in [1.54, 1.807) is 32.9 Å². The van der Waals surface area contributed by atoms with Gasteiger partial charge in [0.1, 0.15) is 0 Å². The molecule has 2 rings (SSSR count). The van der Waals surface area contributed by atoms with E-state index in [0.29, 0.717) is 14.7 Å². The molecule has 0 aliphatic rings. The molecule has 0 N–H and O–H groups in total. The Balaban J connectivity index is 2.57. The fourth-order valence-corrected chi connectivity index (χ4v) is 9.54. The molecule has 2 aromatic rings. The summed E-state index contributed by atoms with van der Waals surface area (Å²) in [5.74, 6) is -0.590. The van der Waals surface area contributed by atoms with Gasteiger partial charge in [-0.2, -0.15) is 0 Å². The van der Waals surface area contributed by atoms with Crippen LogP contribution in [0.5, 0.6) is 5.75 Å². The van der Waals surface area contributed by atoms with Crippen molar-refractivity contribution in [3.8, 4) is 5.75 Å². The van der Waals surface area contributed by atoms with Gasteiger partial charge in [-0.1, -0.05) is 0 Å². The van der Waals surface area contributed by atoms with Gasteiger partial charge in [0.15, 0.2) is 0 Å². The van der Waals surface area contributed by atoms with E-state index < -0.39 is 48.0 Å². The number of hydrogen-bond acceptors (Lipinski definition) is 4. The number of rotatable bonds is 5. The van der Waals surface area contributed by atoms with E-state index in [-0.39, 0.29) is 3.57 Å². The topological polar surface area (TPSA) is 52.6 Å². The molecule has 0 fully saturated rings. The van der Waals surface area contributed by atoms with Crippen molar-refractivity contribution >= 4 is 30.4 Å². The van der Waals surface area contributed by atoms with Crippen molar-refractivity contribution < 1.29 is 42.0 Å². The van der Waals surface area contributed by atoms with E-state index in [4.69, 9.17) is 0 Å². The van der Waals surface area contributed by atoms with Crippen LogP contribution < -0.4 is 4.74 Å². The van der Waals surface area contributed by atoms with Crippen LogP contribution in [0.15, 0.2) is 36.4 Å². The first kappa shape index (κ1) is 23.7. The molecule has 0 atom stereocenters. The average molecular weight is 556 g/mol. The molecule has 0 saturated carbocycles. The molecule has 0 aliphatic carbocycles. The Morgan fingerprint density at radius 2 is 1.34 bits per heavy atom. The van der Waals surface area contributed by atoms with Crippen molar-refractivity contribution in [1.82, 2.24) is 0 Å². The quantitative estimate of drug-likeness (QED) is 0.264. The van der Waals surface area contributed by atoms with Gasteiger partial charge in [0.05, 0.1) is 0 Å². The molecule has 29 heavy (non-hydrogen) atoms. The van der Waals surface area contributed by atoms with E-state index in [9.17, 15) is 34.8 Å². The summed E-state index contributed by atoms with van der Waals surface area (Å²) in [5, 5.41) is 0. The zero-order valence-corrected chi connectivity index (χ0v) is 18.1. The first-order chi connectivity index (χ1) is 13.1. The Kier molecular flexibility index (Phi) is 6.79. The van der Waals surface area contributed by atoms with Gasteiger partial charge in [0, 0.05) is 0 Å². The molecule has 2 aromatic carbocycles. The van der Waals surface area contributed by atoms with Gasteiger partial charge < -0.3 is 0 Å². The molecular formula is C17H15F6IO4S. The molecule has 0 spiro atoms. The van der Waals surface area contributed by atoms with Crippen LogP contribution in [0.2, 0.25) is 0 Å². The maximum absolute atomic E-state index is 12.9. The van der Waals surface area contributed by atoms with Crippen LogP contribution in [0, 0.1) is 27.9 Å². The van der Waals surface area contributed by atoms with E-state index in [1.807, 2.05) is 0 Å². The summed E-state index contributed by atoms with van der Waals surface area (Å²) < 4.78 is 108. The van der Waals surface area contributed by atoms with Crippen LogP contribution in [0.3, 0.4) is 0 Å². The minimum absolute atomic E-state index is 0.0617. The first-order valence-electron chi connectivity index (χ1n) is 7.75. The molecule has 0 amide bonds. The second-order valence-corrected chi connectivity index (χ2v) is 12.2. The predicted molar refractivity (Wildman–Crippen MR) is 101 cm³/mol. The van der Waals surface area contributed by atoms with E-state index in [2.05, 4.69) is 7.25 Å². The van der Waals surface area contributed by atoms with Gasteiger partial charge in [-0.15, -0.1) is 0 Å². The maximum atomic E-state index is 12.9. The minimum atomic E-state index is -5.92. The van der Waals surface area contributed by atoms with Crippen LogP contribution in [0.4, 0.5) is 26.3 Å². The van der Waals surface area contributed by atoms with Crippen molar-refractivity contribution in [2.24, 2.45) is 0 Å². The summed E-state index contributed by atoms with van der Waals surface area (Å²) in [4.78, 5) is 0. The summed E-state index contributed by atoms with van der Waals surface area (Å²) in [6, 6.07) is 7.29. The van der Waals surface area contributed by atoms with Gasteiger partial charge in [-0.25, -0.2) is 0 Å². The summed E-state index contributed by atoms with van der Waals surface area (Å²) in [6.07, 6.45) is -4.94. The number of ether oxygens (including phenoxy) is 1. The monoisotopic (exact) mass is 556 g/mol. The number of benzene rings is 2. The first-order valence-corrected chi connectivity index (χ1v) is 12.2. The second kappa shape index (κ2) is 8.30. The van der Waals surface area contributed by atoms with Gasteiger partial charge >= 0.3 is 171 Å². The molecule has 0 radical (unpaired) electrons. The van der Waals surface area contributed by atoms with Crippen LogP contribution >= 0.6 is 20.2 Å². The Hall–Kier alpha value is -1.54. The van der Waals surface area contributed by atoms with Crippen molar-refractivity contribution in [2.75, 3.05) is 0 Å².